The van der Waals surface area contributed by atoms with Gasteiger partial charge < -0.3 is 10.0 Å². The number of aromatic nitrogens is 7. The van der Waals surface area contributed by atoms with Gasteiger partial charge in [0.1, 0.15) is 12.4 Å². The molecule has 0 radical (unpaired) electrons. The van der Waals surface area contributed by atoms with Crippen LogP contribution >= 0.6 is 0 Å². The summed E-state index contributed by atoms with van der Waals surface area (Å²) < 4.78 is 1.75. The number of aliphatic carboxylic acids is 1. The number of aromatic amines is 1. The number of nitrogens with zero attached hydrogens (tertiary/aromatic N) is 7. The third-order valence-corrected chi connectivity index (χ3v) is 6.12. The largest absolute Gasteiger partial charge is 0.480 e. The van der Waals surface area contributed by atoms with E-state index >= 15 is 0 Å². The Morgan fingerprint density at radius 2 is 1.83 bits per heavy atom. The zero-order valence-electron chi connectivity index (χ0n) is 20.1. The smallest absolute Gasteiger partial charge is 0.323 e. The van der Waals surface area contributed by atoms with E-state index in [0.717, 1.165) is 52.0 Å². The Labute approximate surface area is 207 Å². The van der Waals surface area contributed by atoms with E-state index in [-0.39, 0.29) is 6.54 Å². The minimum atomic E-state index is -0.911. The lowest BCUT2D eigenvalue weighted by Crippen LogP contribution is -2.31. The van der Waals surface area contributed by atoms with Crippen molar-refractivity contribution in [3.8, 4) is 22.5 Å². The molecule has 0 aliphatic heterocycles. The summed E-state index contributed by atoms with van der Waals surface area (Å²) in [6.45, 7) is 4.34. The Kier molecular flexibility index (Phi) is 6.40. The Balaban J connectivity index is 1.49. The average Bonchev–Trinajstić information content (AvgIpc) is 3.58. The fourth-order valence-corrected chi connectivity index (χ4v) is 4.29. The molecule has 0 bridgehead atoms. The van der Waals surface area contributed by atoms with Gasteiger partial charge in [0.15, 0.2) is 5.65 Å². The van der Waals surface area contributed by atoms with Crippen molar-refractivity contribution < 1.29 is 9.90 Å². The summed E-state index contributed by atoms with van der Waals surface area (Å²) in [7, 11) is 0. The summed E-state index contributed by atoms with van der Waals surface area (Å²) in [6.07, 6.45) is 3.35. The highest BCUT2D eigenvalue weighted by molar-refractivity contribution is 5.80. The molecular formula is C26H26N8O2. The predicted molar refractivity (Wildman–Crippen MR) is 135 cm³/mol. The first-order valence-electron chi connectivity index (χ1n) is 11.8. The molecule has 0 amide bonds. The first-order chi connectivity index (χ1) is 17.6. The number of hydrogen-bond acceptors (Lipinski definition) is 7. The number of carboxylic acids is 1. The van der Waals surface area contributed by atoms with E-state index in [1.54, 1.807) is 10.7 Å². The van der Waals surface area contributed by atoms with Crippen LogP contribution in [0.25, 0.3) is 28.2 Å². The van der Waals surface area contributed by atoms with Crippen molar-refractivity contribution in [2.75, 3.05) is 11.4 Å². The van der Waals surface area contributed by atoms with Crippen LogP contribution in [-0.4, -0.2) is 52.8 Å². The van der Waals surface area contributed by atoms with Gasteiger partial charge in [-0.1, -0.05) is 62.4 Å². The first-order valence-corrected chi connectivity index (χ1v) is 11.8. The molecule has 10 heteroatoms. The lowest BCUT2D eigenvalue weighted by molar-refractivity contribution is -0.135. The molecular weight excluding hydrogens is 456 g/mol. The average molecular weight is 483 g/mol. The lowest BCUT2D eigenvalue weighted by Gasteiger charge is -2.24. The first kappa shape index (κ1) is 23.2. The lowest BCUT2D eigenvalue weighted by atomic mass is 9.98. The summed E-state index contributed by atoms with van der Waals surface area (Å²) in [4.78, 5) is 18.4. The summed E-state index contributed by atoms with van der Waals surface area (Å²) in [6, 6.07) is 17.9. The number of anilines is 1. The van der Waals surface area contributed by atoms with Crippen LogP contribution in [0.15, 0.2) is 60.8 Å². The number of aryl methyl sites for hydroxylation is 2. The van der Waals surface area contributed by atoms with Crippen LogP contribution in [0.5, 0.6) is 0 Å². The summed E-state index contributed by atoms with van der Waals surface area (Å²) in [5, 5.41) is 28.6. The molecule has 0 unspecified atom stereocenters. The number of carboxylic acid groups (broad SMARTS) is 1. The normalized spacial score (nSPS) is 11.2. The molecule has 2 N–H and O–H groups in total. The van der Waals surface area contributed by atoms with Gasteiger partial charge >= 0.3 is 5.97 Å². The van der Waals surface area contributed by atoms with E-state index in [1.807, 2.05) is 66.4 Å². The molecule has 0 spiro atoms. The van der Waals surface area contributed by atoms with Crippen LogP contribution in [0.1, 0.15) is 30.7 Å². The van der Waals surface area contributed by atoms with Crippen molar-refractivity contribution in [2.24, 2.45) is 0 Å². The third kappa shape index (κ3) is 4.52. The Bertz CT molecular complexity index is 1490. The topological polar surface area (TPSA) is 125 Å². The van der Waals surface area contributed by atoms with E-state index in [9.17, 15) is 9.90 Å². The molecule has 10 nitrogen and oxygen atoms in total. The van der Waals surface area contributed by atoms with Crippen molar-refractivity contribution in [2.45, 2.75) is 33.2 Å². The quantitative estimate of drug-likeness (QED) is 0.325. The molecule has 3 aromatic heterocycles. The van der Waals surface area contributed by atoms with Crippen molar-refractivity contribution >= 4 is 17.4 Å². The highest BCUT2D eigenvalue weighted by Gasteiger charge is 2.19. The molecule has 2 aromatic carbocycles. The summed E-state index contributed by atoms with van der Waals surface area (Å²) >= 11 is 0. The summed E-state index contributed by atoms with van der Waals surface area (Å²) in [5.74, 6) is 0.332. The second kappa shape index (κ2) is 9.95. The fraction of sp³-hybridized carbons (Fsp3) is 0.231. The van der Waals surface area contributed by atoms with Crippen LogP contribution in [0.4, 0.5) is 5.82 Å². The molecule has 0 aliphatic carbocycles. The number of tetrazole rings is 1. The predicted octanol–water partition coefficient (Wildman–Crippen LogP) is 3.79. The molecule has 0 saturated carbocycles. The van der Waals surface area contributed by atoms with Gasteiger partial charge in [0, 0.05) is 29.4 Å². The molecule has 0 aliphatic rings. The van der Waals surface area contributed by atoms with Crippen LogP contribution < -0.4 is 4.90 Å². The van der Waals surface area contributed by atoms with Crippen LogP contribution in [0.3, 0.4) is 0 Å². The molecule has 3 heterocycles. The van der Waals surface area contributed by atoms with E-state index < -0.39 is 5.97 Å². The van der Waals surface area contributed by atoms with Gasteiger partial charge in [0.05, 0.1) is 6.20 Å². The van der Waals surface area contributed by atoms with Gasteiger partial charge in [-0.05, 0) is 34.7 Å². The van der Waals surface area contributed by atoms with Crippen molar-refractivity contribution in [3.05, 3.63) is 77.6 Å². The number of H-pyrrole nitrogens is 1. The van der Waals surface area contributed by atoms with Gasteiger partial charge in [-0.25, -0.2) is 4.98 Å². The van der Waals surface area contributed by atoms with Crippen molar-refractivity contribution in [1.29, 1.82) is 0 Å². The minimum absolute atomic E-state index is 0.161. The van der Waals surface area contributed by atoms with E-state index in [1.165, 1.54) is 0 Å². The van der Waals surface area contributed by atoms with Crippen LogP contribution in [-0.2, 0) is 24.2 Å². The molecule has 0 fully saturated rings. The van der Waals surface area contributed by atoms with Gasteiger partial charge in [-0.15, -0.1) is 10.2 Å². The Hall–Kier alpha value is -4.60. The molecule has 0 atom stereocenters. The monoisotopic (exact) mass is 482 g/mol. The fourth-order valence-electron chi connectivity index (χ4n) is 4.29. The van der Waals surface area contributed by atoms with E-state index in [4.69, 9.17) is 4.98 Å². The Morgan fingerprint density at radius 1 is 1.06 bits per heavy atom. The van der Waals surface area contributed by atoms with E-state index in [0.29, 0.717) is 18.2 Å². The van der Waals surface area contributed by atoms with Gasteiger partial charge in [0.25, 0.3) is 0 Å². The van der Waals surface area contributed by atoms with E-state index in [2.05, 4.69) is 32.6 Å². The zero-order valence-corrected chi connectivity index (χ0v) is 20.1. The molecule has 0 saturated heterocycles. The maximum Gasteiger partial charge on any atom is 0.323 e. The van der Waals surface area contributed by atoms with Crippen molar-refractivity contribution in [1.82, 2.24) is 35.2 Å². The zero-order chi connectivity index (χ0) is 25.1. The number of carbonyl (C=O) groups is 1. The SMILES string of the molecule is CCc1cc(N(CC(=O)O)Cc2ccc(-c3ccccc3-c3nn[nH]n3)cc2)n2ncc(CC)c2n1. The molecule has 5 rings (SSSR count). The van der Waals surface area contributed by atoms with Crippen molar-refractivity contribution in [3.63, 3.8) is 0 Å². The van der Waals surface area contributed by atoms with Crippen LogP contribution in [0.2, 0.25) is 0 Å². The minimum Gasteiger partial charge on any atom is -0.480 e. The second-order valence-electron chi connectivity index (χ2n) is 8.45. The second-order valence-corrected chi connectivity index (χ2v) is 8.45. The van der Waals surface area contributed by atoms with Crippen LogP contribution in [0, 0.1) is 0 Å². The number of benzene rings is 2. The maximum absolute atomic E-state index is 11.8. The van der Waals surface area contributed by atoms with Gasteiger partial charge in [-0.2, -0.15) is 14.8 Å². The third-order valence-electron chi connectivity index (χ3n) is 6.12. The number of hydrogen-bond donors (Lipinski definition) is 2. The molecule has 5 aromatic rings. The maximum atomic E-state index is 11.8. The number of nitrogens with one attached hydrogen (secondary N) is 1. The summed E-state index contributed by atoms with van der Waals surface area (Å²) in [5.41, 5.74) is 6.55. The molecule has 36 heavy (non-hydrogen) atoms. The highest BCUT2D eigenvalue weighted by Crippen LogP contribution is 2.30. The Morgan fingerprint density at radius 3 is 2.50 bits per heavy atom. The number of fused-ring (bicyclic) bond motifs is 1. The molecule has 182 valence electrons. The number of rotatable bonds is 9. The van der Waals surface area contributed by atoms with Gasteiger partial charge in [-0.3, -0.25) is 4.79 Å². The highest BCUT2D eigenvalue weighted by atomic mass is 16.4. The van der Waals surface area contributed by atoms with Gasteiger partial charge in [0.2, 0.25) is 5.82 Å². The standard InChI is InChI=1S/C26H26N8O2/c1-3-18-14-27-34-23(13-20(4-2)28-26(18)34)33(16-24(35)36)15-17-9-11-19(12-10-17)21-7-5-6-8-22(21)25-29-31-32-30-25/h5-14H,3-4,15-16H2,1-2H3,(H,35,36)(H,29,30,31,32).